The molecule has 0 radical (unpaired) electrons. The Morgan fingerprint density at radius 2 is 2.14 bits per heavy atom. The van der Waals surface area contributed by atoms with E-state index in [-0.39, 0.29) is 29.2 Å². The van der Waals surface area contributed by atoms with Crippen molar-refractivity contribution in [2.45, 2.75) is 31.3 Å². The molecule has 2 N–H and O–H groups in total. The fourth-order valence-electron chi connectivity index (χ4n) is 3.53. The number of nitrogens with one attached hydrogen (secondary N) is 1. The first-order valence-corrected chi connectivity index (χ1v) is 9.09. The van der Waals surface area contributed by atoms with Gasteiger partial charge in [-0.05, 0) is 31.0 Å². The fourth-order valence-corrected chi connectivity index (χ4v) is 3.53. The number of aromatic hydroxyl groups is 1. The van der Waals surface area contributed by atoms with Crippen LogP contribution < -0.4 is 10.1 Å². The maximum Gasteiger partial charge on any atom is 0.259 e. The summed E-state index contributed by atoms with van der Waals surface area (Å²) in [5.74, 6) is 1.91. The maximum atomic E-state index is 12.5. The van der Waals surface area contributed by atoms with Gasteiger partial charge in [-0.3, -0.25) is 9.48 Å². The number of methoxy groups -OCH3 is 1. The molecule has 9 heteroatoms. The van der Waals surface area contributed by atoms with E-state index >= 15 is 0 Å². The van der Waals surface area contributed by atoms with Gasteiger partial charge in [-0.15, -0.1) is 10.2 Å². The smallest absolute Gasteiger partial charge is 0.259 e. The van der Waals surface area contributed by atoms with E-state index in [1.54, 1.807) is 23.0 Å². The number of ether oxygens (including phenoxy) is 1. The molecular formula is C19H22N6O3. The molecule has 0 aliphatic heterocycles. The van der Waals surface area contributed by atoms with Crippen LogP contribution in [0.15, 0.2) is 36.7 Å². The third kappa shape index (κ3) is 3.30. The van der Waals surface area contributed by atoms with Crippen molar-refractivity contribution in [3.63, 3.8) is 0 Å². The number of hydrogen-bond donors (Lipinski definition) is 2. The Hall–Kier alpha value is -3.36. The highest BCUT2D eigenvalue weighted by atomic mass is 16.5. The van der Waals surface area contributed by atoms with Crippen LogP contribution in [0.3, 0.4) is 0 Å². The van der Waals surface area contributed by atoms with Gasteiger partial charge < -0.3 is 19.7 Å². The number of carbonyl (C=O) groups excluding carboxylic acids is 1. The van der Waals surface area contributed by atoms with E-state index in [1.807, 2.05) is 23.9 Å². The van der Waals surface area contributed by atoms with E-state index in [1.165, 1.54) is 13.2 Å². The summed E-state index contributed by atoms with van der Waals surface area (Å²) in [5.41, 5.74) is 0.161. The van der Waals surface area contributed by atoms with Crippen LogP contribution in [0.25, 0.3) is 0 Å². The SMILES string of the molecule is COc1cccc(O)c1C(=O)NC1CC(c2nnc(Cn3cccn3)n2C)C1. The molecule has 1 aliphatic carbocycles. The fraction of sp³-hybridized carbons (Fsp3) is 0.368. The number of amides is 1. The van der Waals surface area contributed by atoms with E-state index in [4.69, 9.17) is 4.74 Å². The van der Waals surface area contributed by atoms with Gasteiger partial charge >= 0.3 is 0 Å². The van der Waals surface area contributed by atoms with Gasteiger partial charge in [0.2, 0.25) is 0 Å². The average molecular weight is 382 g/mol. The van der Waals surface area contributed by atoms with Crippen LogP contribution in [0.2, 0.25) is 0 Å². The van der Waals surface area contributed by atoms with Crippen molar-refractivity contribution in [1.82, 2.24) is 29.9 Å². The zero-order valence-electron chi connectivity index (χ0n) is 15.7. The summed E-state index contributed by atoms with van der Waals surface area (Å²) in [6.45, 7) is 0.566. The number of nitrogens with zero attached hydrogens (tertiary/aromatic N) is 5. The Balaban J connectivity index is 1.38. The largest absolute Gasteiger partial charge is 0.507 e. The lowest BCUT2D eigenvalue weighted by Crippen LogP contribution is -2.44. The Bertz CT molecular complexity index is 976. The molecule has 0 bridgehead atoms. The normalized spacial score (nSPS) is 18.5. The molecule has 1 saturated carbocycles. The molecule has 0 atom stereocenters. The topological polar surface area (TPSA) is 107 Å². The first kappa shape index (κ1) is 18.0. The van der Waals surface area contributed by atoms with E-state index < -0.39 is 0 Å². The first-order valence-electron chi connectivity index (χ1n) is 9.09. The van der Waals surface area contributed by atoms with Crippen LogP contribution in [0.1, 0.15) is 40.8 Å². The minimum atomic E-state index is -0.337. The lowest BCUT2D eigenvalue weighted by atomic mass is 9.79. The van der Waals surface area contributed by atoms with Gasteiger partial charge in [-0.2, -0.15) is 5.10 Å². The number of aromatic nitrogens is 5. The third-order valence-electron chi connectivity index (χ3n) is 5.15. The van der Waals surface area contributed by atoms with E-state index in [9.17, 15) is 9.90 Å². The monoisotopic (exact) mass is 382 g/mol. The van der Waals surface area contributed by atoms with Gasteiger partial charge in [0.05, 0.1) is 7.11 Å². The highest BCUT2D eigenvalue weighted by molar-refractivity contribution is 5.99. The minimum Gasteiger partial charge on any atom is -0.507 e. The van der Waals surface area contributed by atoms with Crippen molar-refractivity contribution < 1.29 is 14.6 Å². The van der Waals surface area contributed by atoms with Crippen LogP contribution in [0, 0.1) is 0 Å². The molecule has 9 nitrogen and oxygen atoms in total. The summed E-state index contributed by atoms with van der Waals surface area (Å²) in [6.07, 6.45) is 5.16. The van der Waals surface area contributed by atoms with Gasteiger partial charge in [0.1, 0.15) is 29.4 Å². The zero-order valence-corrected chi connectivity index (χ0v) is 15.7. The van der Waals surface area contributed by atoms with Crippen molar-refractivity contribution in [2.75, 3.05) is 7.11 Å². The summed E-state index contributed by atoms with van der Waals surface area (Å²) in [6, 6.07) is 6.66. The molecule has 0 unspecified atom stereocenters. The van der Waals surface area contributed by atoms with Crippen LogP contribution in [-0.4, -0.2) is 48.7 Å². The Kier molecular flexibility index (Phi) is 4.72. The molecule has 1 aliphatic rings. The summed E-state index contributed by atoms with van der Waals surface area (Å²) < 4.78 is 8.98. The van der Waals surface area contributed by atoms with Crippen LogP contribution >= 0.6 is 0 Å². The van der Waals surface area contributed by atoms with Gasteiger partial charge in [0.15, 0.2) is 5.82 Å². The zero-order chi connectivity index (χ0) is 19.7. The molecule has 1 fully saturated rings. The number of rotatable bonds is 6. The summed E-state index contributed by atoms with van der Waals surface area (Å²) in [5, 5.41) is 25.8. The second kappa shape index (κ2) is 7.34. The van der Waals surface area contributed by atoms with E-state index in [2.05, 4.69) is 20.6 Å². The lowest BCUT2D eigenvalue weighted by molar-refractivity contribution is 0.0901. The number of benzene rings is 1. The van der Waals surface area contributed by atoms with Crippen molar-refractivity contribution in [3.8, 4) is 11.5 Å². The molecule has 1 aromatic carbocycles. The van der Waals surface area contributed by atoms with Gasteiger partial charge in [0, 0.05) is 31.4 Å². The average Bonchev–Trinajstić information content (AvgIpc) is 3.28. The highest BCUT2D eigenvalue weighted by Gasteiger charge is 2.35. The number of phenols is 1. The molecule has 0 saturated heterocycles. The molecule has 2 aromatic heterocycles. The molecule has 0 spiro atoms. The van der Waals surface area contributed by atoms with Crippen molar-refractivity contribution in [1.29, 1.82) is 0 Å². The second-order valence-electron chi connectivity index (χ2n) is 6.93. The first-order chi connectivity index (χ1) is 13.6. The summed E-state index contributed by atoms with van der Waals surface area (Å²) >= 11 is 0. The molecule has 146 valence electrons. The number of phenolic OH excluding ortho intramolecular Hbond substituents is 1. The summed E-state index contributed by atoms with van der Waals surface area (Å²) in [4.78, 5) is 12.5. The molecule has 3 aromatic rings. The van der Waals surface area contributed by atoms with E-state index in [0.717, 1.165) is 24.5 Å². The maximum absolute atomic E-state index is 12.5. The third-order valence-corrected chi connectivity index (χ3v) is 5.15. The number of carbonyl (C=O) groups is 1. The van der Waals surface area contributed by atoms with Gasteiger partial charge in [0.25, 0.3) is 5.91 Å². The van der Waals surface area contributed by atoms with Crippen LogP contribution in [0.5, 0.6) is 11.5 Å². The van der Waals surface area contributed by atoms with Crippen molar-refractivity contribution in [3.05, 3.63) is 53.9 Å². The number of hydrogen-bond acceptors (Lipinski definition) is 6. The van der Waals surface area contributed by atoms with Gasteiger partial charge in [-0.25, -0.2) is 0 Å². The Morgan fingerprint density at radius 3 is 2.86 bits per heavy atom. The Morgan fingerprint density at radius 1 is 1.32 bits per heavy atom. The second-order valence-corrected chi connectivity index (χ2v) is 6.93. The quantitative estimate of drug-likeness (QED) is 0.668. The van der Waals surface area contributed by atoms with Crippen LogP contribution in [-0.2, 0) is 13.6 Å². The van der Waals surface area contributed by atoms with E-state index in [0.29, 0.717) is 12.3 Å². The molecule has 2 heterocycles. The molecular weight excluding hydrogens is 360 g/mol. The summed E-state index contributed by atoms with van der Waals surface area (Å²) in [7, 11) is 3.42. The molecule has 4 rings (SSSR count). The highest BCUT2D eigenvalue weighted by Crippen LogP contribution is 2.37. The van der Waals surface area contributed by atoms with Gasteiger partial charge in [-0.1, -0.05) is 6.07 Å². The molecule has 1 amide bonds. The minimum absolute atomic E-state index is 0.0214. The molecule has 28 heavy (non-hydrogen) atoms. The van der Waals surface area contributed by atoms with Crippen molar-refractivity contribution >= 4 is 5.91 Å². The predicted molar refractivity (Wildman–Crippen MR) is 100 cm³/mol. The predicted octanol–water partition coefficient (Wildman–Crippen LogP) is 1.45. The van der Waals surface area contributed by atoms with Crippen LogP contribution in [0.4, 0.5) is 0 Å². The van der Waals surface area contributed by atoms with Crippen molar-refractivity contribution in [2.24, 2.45) is 7.05 Å². The standard InChI is InChI=1S/C19H22N6O3/c1-24-16(11-25-8-4-7-20-25)22-23-18(24)12-9-13(10-12)21-19(27)17-14(26)5-3-6-15(17)28-2/h3-8,12-13,26H,9-11H2,1-2H3,(H,21,27). The lowest BCUT2D eigenvalue weighted by Gasteiger charge is -2.35. The Labute approximate surface area is 162 Å².